The first-order chi connectivity index (χ1) is 6.31. The Morgan fingerprint density at radius 3 is 2.69 bits per heavy atom. The molecule has 1 fully saturated rings. The van der Waals surface area contributed by atoms with Gasteiger partial charge in [-0.05, 0) is 18.1 Å². The molecule has 1 aromatic rings. The Hall–Kier alpha value is -0.470. The molecule has 2 heterocycles. The number of aromatic nitrogens is 1. The molecule has 1 aliphatic rings. The highest BCUT2D eigenvalue weighted by atomic mass is 35.5. The van der Waals surface area contributed by atoms with E-state index in [1.54, 1.807) is 6.20 Å². The predicted octanol–water partition coefficient (Wildman–Crippen LogP) is 2.68. The van der Waals surface area contributed by atoms with Gasteiger partial charge in [0.15, 0.2) is 0 Å². The minimum Gasteiger partial charge on any atom is -0.355 e. The molecule has 0 aliphatic carbocycles. The van der Waals surface area contributed by atoms with Crippen LogP contribution < -0.4 is 4.90 Å². The standard InChI is InChI=1S/C9H10Cl2N2/c10-5-7-4-8(11)9(12-6-7)13-2-1-3-13/h4,6H,1-3,5H2. The Balaban J connectivity index is 2.26. The third kappa shape index (κ3) is 1.74. The van der Waals surface area contributed by atoms with Crippen LogP contribution in [0.5, 0.6) is 0 Å². The van der Waals surface area contributed by atoms with Crippen molar-refractivity contribution in [3.05, 3.63) is 22.8 Å². The van der Waals surface area contributed by atoms with E-state index in [0.717, 1.165) is 24.5 Å². The van der Waals surface area contributed by atoms with E-state index in [9.17, 15) is 0 Å². The van der Waals surface area contributed by atoms with Gasteiger partial charge < -0.3 is 4.90 Å². The molecule has 0 spiro atoms. The second-order valence-corrected chi connectivity index (χ2v) is 3.80. The lowest BCUT2D eigenvalue weighted by Gasteiger charge is -2.32. The highest BCUT2D eigenvalue weighted by molar-refractivity contribution is 6.33. The zero-order chi connectivity index (χ0) is 9.26. The van der Waals surface area contributed by atoms with Gasteiger partial charge in [0.2, 0.25) is 0 Å². The van der Waals surface area contributed by atoms with Gasteiger partial charge in [-0.2, -0.15) is 0 Å². The molecule has 13 heavy (non-hydrogen) atoms. The number of pyridine rings is 1. The first-order valence-corrected chi connectivity index (χ1v) is 5.18. The molecule has 70 valence electrons. The average molecular weight is 217 g/mol. The van der Waals surface area contributed by atoms with Gasteiger partial charge in [-0.3, -0.25) is 0 Å². The molecular weight excluding hydrogens is 207 g/mol. The monoisotopic (exact) mass is 216 g/mol. The third-order valence-corrected chi connectivity index (χ3v) is 2.78. The minimum atomic E-state index is 0.465. The van der Waals surface area contributed by atoms with Gasteiger partial charge in [0.25, 0.3) is 0 Å². The van der Waals surface area contributed by atoms with Gasteiger partial charge in [0.1, 0.15) is 5.82 Å². The normalized spacial score (nSPS) is 15.7. The van der Waals surface area contributed by atoms with E-state index in [0.29, 0.717) is 10.9 Å². The fourth-order valence-corrected chi connectivity index (χ4v) is 1.76. The first-order valence-electron chi connectivity index (χ1n) is 4.26. The second kappa shape index (κ2) is 3.72. The van der Waals surface area contributed by atoms with Crippen molar-refractivity contribution in [2.24, 2.45) is 0 Å². The van der Waals surface area contributed by atoms with Crippen molar-refractivity contribution in [1.82, 2.24) is 4.98 Å². The van der Waals surface area contributed by atoms with Crippen LogP contribution in [0.15, 0.2) is 12.3 Å². The fourth-order valence-electron chi connectivity index (χ4n) is 1.30. The summed E-state index contributed by atoms with van der Waals surface area (Å²) in [6, 6.07) is 1.88. The fraction of sp³-hybridized carbons (Fsp3) is 0.444. The van der Waals surface area contributed by atoms with Gasteiger partial charge in [0, 0.05) is 25.2 Å². The Morgan fingerprint density at radius 2 is 2.23 bits per heavy atom. The average Bonchev–Trinajstić information content (AvgIpc) is 2.05. The molecule has 0 amide bonds. The quantitative estimate of drug-likeness (QED) is 0.708. The summed E-state index contributed by atoms with van der Waals surface area (Å²) in [5.74, 6) is 1.36. The van der Waals surface area contributed by atoms with E-state index in [2.05, 4.69) is 9.88 Å². The maximum absolute atomic E-state index is 6.05. The largest absolute Gasteiger partial charge is 0.355 e. The molecule has 2 rings (SSSR count). The summed E-state index contributed by atoms with van der Waals surface area (Å²) in [5.41, 5.74) is 0.968. The first kappa shape index (κ1) is 9.10. The van der Waals surface area contributed by atoms with Crippen molar-refractivity contribution < 1.29 is 0 Å². The van der Waals surface area contributed by atoms with Crippen LogP contribution >= 0.6 is 23.2 Å². The number of halogens is 2. The lowest BCUT2D eigenvalue weighted by molar-refractivity contribution is 0.609. The molecule has 0 N–H and O–H groups in total. The predicted molar refractivity (Wildman–Crippen MR) is 55.6 cm³/mol. The minimum absolute atomic E-state index is 0.465. The topological polar surface area (TPSA) is 16.1 Å². The van der Waals surface area contributed by atoms with Crippen LogP contribution in [0.25, 0.3) is 0 Å². The maximum Gasteiger partial charge on any atom is 0.147 e. The third-order valence-electron chi connectivity index (χ3n) is 2.19. The van der Waals surface area contributed by atoms with Crippen molar-refractivity contribution >= 4 is 29.0 Å². The molecule has 0 saturated carbocycles. The summed E-state index contributed by atoms with van der Waals surface area (Å²) in [6.07, 6.45) is 3.02. The van der Waals surface area contributed by atoms with Gasteiger partial charge in [-0.15, -0.1) is 11.6 Å². The maximum atomic E-state index is 6.05. The molecule has 4 heteroatoms. The number of hydrogen-bond donors (Lipinski definition) is 0. The smallest absolute Gasteiger partial charge is 0.147 e. The summed E-state index contributed by atoms with van der Waals surface area (Å²) in [7, 11) is 0. The van der Waals surface area contributed by atoms with Gasteiger partial charge in [0.05, 0.1) is 5.02 Å². The molecule has 2 nitrogen and oxygen atoms in total. The zero-order valence-corrected chi connectivity index (χ0v) is 8.65. The van der Waals surface area contributed by atoms with Crippen LogP contribution in [0, 0.1) is 0 Å². The Bertz CT molecular complexity index is 310. The number of hydrogen-bond acceptors (Lipinski definition) is 2. The number of rotatable bonds is 2. The Morgan fingerprint density at radius 1 is 1.46 bits per heavy atom. The summed E-state index contributed by atoms with van der Waals surface area (Å²) < 4.78 is 0. The molecule has 0 bridgehead atoms. The summed E-state index contributed by atoms with van der Waals surface area (Å²) >= 11 is 11.7. The van der Waals surface area contributed by atoms with Crippen molar-refractivity contribution in [3.8, 4) is 0 Å². The van der Waals surface area contributed by atoms with Crippen LogP contribution in [-0.4, -0.2) is 18.1 Å². The van der Waals surface area contributed by atoms with Gasteiger partial charge in [-0.1, -0.05) is 11.6 Å². The van der Waals surface area contributed by atoms with Gasteiger partial charge >= 0.3 is 0 Å². The SMILES string of the molecule is ClCc1cnc(N2CCC2)c(Cl)c1. The van der Waals surface area contributed by atoms with E-state index >= 15 is 0 Å². The van der Waals surface area contributed by atoms with E-state index < -0.39 is 0 Å². The van der Waals surface area contributed by atoms with Crippen LogP contribution in [-0.2, 0) is 5.88 Å². The summed E-state index contributed by atoms with van der Waals surface area (Å²) in [5, 5.41) is 0.706. The lowest BCUT2D eigenvalue weighted by atomic mass is 10.2. The van der Waals surface area contributed by atoms with Crippen molar-refractivity contribution in [2.75, 3.05) is 18.0 Å². The Labute approximate surface area is 87.5 Å². The number of anilines is 1. The molecular formula is C9H10Cl2N2. The van der Waals surface area contributed by atoms with Crippen LogP contribution in [0.2, 0.25) is 5.02 Å². The van der Waals surface area contributed by atoms with Crippen LogP contribution in [0.1, 0.15) is 12.0 Å². The van der Waals surface area contributed by atoms with Crippen molar-refractivity contribution in [2.45, 2.75) is 12.3 Å². The van der Waals surface area contributed by atoms with E-state index in [1.165, 1.54) is 6.42 Å². The number of alkyl halides is 1. The highest BCUT2D eigenvalue weighted by Gasteiger charge is 2.18. The molecule has 0 unspecified atom stereocenters. The Kier molecular flexibility index (Phi) is 2.61. The van der Waals surface area contributed by atoms with E-state index in [-0.39, 0.29) is 0 Å². The summed E-state index contributed by atoms with van der Waals surface area (Å²) in [6.45, 7) is 2.12. The van der Waals surface area contributed by atoms with Crippen LogP contribution in [0.3, 0.4) is 0 Å². The molecule has 1 saturated heterocycles. The molecule has 1 aromatic heterocycles. The molecule has 0 atom stereocenters. The lowest BCUT2D eigenvalue weighted by Crippen LogP contribution is -2.37. The zero-order valence-electron chi connectivity index (χ0n) is 7.13. The molecule has 1 aliphatic heterocycles. The second-order valence-electron chi connectivity index (χ2n) is 3.12. The molecule has 0 aromatic carbocycles. The summed E-state index contributed by atoms with van der Waals surface area (Å²) in [4.78, 5) is 6.45. The van der Waals surface area contributed by atoms with Crippen LogP contribution in [0.4, 0.5) is 5.82 Å². The van der Waals surface area contributed by atoms with Crippen molar-refractivity contribution in [3.63, 3.8) is 0 Å². The van der Waals surface area contributed by atoms with Crippen molar-refractivity contribution in [1.29, 1.82) is 0 Å². The number of nitrogens with zero attached hydrogens (tertiary/aromatic N) is 2. The van der Waals surface area contributed by atoms with E-state index in [4.69, 9.17) is 23.2 Å². The van der Waals surface area contributed by atoms with E-state index in [1.807, 2.05) is 6.07 Å². The highest BCUT2D eigenvalue weighted by Crippen LogP contribution is 2.27. The molecule has 0 radical (unpaired) electrons. The van der Waals surface area contributed by atoms with Gasteiger partial charge in [-0.25, -0.2) is 4.98 Å².